The van der Waals surface area contributed by atoms with E-state index < -0.39 is 5.97 Å². The third-order valence-electron chi connectivity index (χ3n) is 16.1. The molecule has 1 amide bonds. The molecular formula is C43H64N2O3. The molecule has 0 aromatic heterocycles. The molecule has 1 aromatic carbocycles. The third-order valence-corrected chi connectivity index (χ3v) is 16.1. The zero-order valence-electron chi connectivity index (χ0n) is 31.4. The first-order chi connectivity index (χ1) is 22.6. The summed E-state index contributed by atoms with van der Waals surface area (Å²) >= 11 is 0. The molecule has 2 N–H and O–H groups in total. The van der Waals surface area contributed by atoms with Crippen molar-refractivity contribution in [3.8, 4) is 0 Å². The molecule has 5 aliphatic rings. The number of likely N-dealkylation sites (N-methyl/N-ethyl adjacent to an activating group) is 1. The smallest absolute Gasteiger partial charge is 0.335 e. The van der Waals surface area contributed by atoms with Crippen LogP contribution in [0.4, 0.5) is 0 Å². The van der Waals surface area contributed by atoms with Crippen LogP contribution in [0.5, 0.6) is 0 Å². The lowest BCUT2D eigenvalue weighted by Crippen LogP contribution is -2.66. The summed E-state index contributed by atoms with van der Waals surface area (Å²) in [6.07, 6.45) is 13.8. The number of allylic oxidation sites excluding steroid dienone is 3. The summed E-state index contributed by atoms with van der Waals surface area (Å²) in [5.74, 6) is 2.53. The van der Waals surface area contributed by atoms with Crippen LogP contribution in [0.25, 0.3) is 5.57 Å². The van der Waals surface area contributed by atoms with E-state index in [0.29, 0.717) is 41.7 Å². The highest BCUT2D eigenvalue weighted by Gasteiger charge is 2.70. The molecule has 1 aromatic rings. The molecule has 1 unspecified atom stereocenters. The van der Waals surface area contributed by atoms with Gasteiger partial charge in [0.1, 0.15) is 0 Å². The standard InChI is InChI=1S/C43H64N2O3/c1-10-45(11-2)36(46)26-44-27-43-23-18-31(28(3)4)37(43)33-16-17-35-40(7)21-19-32(29-12-14-30(15-13-29)38(47)48)39(5,6)34(40)20-22-42(35,9)41(33,8)24-25-43/h12-15,19,31,33-35,37,44H,3,10-11,16-18,20-27H2,1-2,4-9H3,(H,47,48)/t31-,33+,34-,35+,37+,40-,41+,42+,43?/m0/s1. The predicted octanol–water partition coefficient (Wildman–Crippen LogP) is 9.49. The number of carbonyl (C=O) groups excluding carboxylic acids is 1. The Hall–Kier alpha value is -2.40. The highest BCUT2D eigenvalue weighted by molar-refractivity contribution is 5.88. The molecule has 0 spiro atoms. The minimum Gasteiger partial charge on any atom is -0.478 e. The average molecular weight is 657 g/mol. The van der Waals surface area contributed by atoms with E-state index in [1.807, 2.05) is 17.0 Å². The summed E-state index contributed by atoms with van der Waals surface area (Å²) in [5.41, 5.74) is 5.38. The summed E-state index contributed by atoms with van der Waals surface area (Å²) in [6.45, 7) is 26.9. The van der Waals surface area contributed by atoms with E-state index >= 15 is 0 Å². The summed E-state index contributed by atoms with van der Waals surface area (Å²) in [4.78, 5) is 26.4. The van der Waals surface area contributed by atoms with Crippen molar-refractivity contribution in [3.63, 3.8) is 0 Å². The van der Waals surface area contributed by atoms with Crippen LogP contribution in [0.3, 0.4) is 0 Å². The number of benzene rings is 1. The van der Waals surface area contributed by atoms with Crippen molar-refractivity contribution in [2.24, 2.45) is 56.7 Å². The number of hydrogen-bond acceptors (Lipinski definition) is 3. The molecule has 6 rings (SSSR count). The molecule has 9 atom stereocenters. The number of carboxylic acids is 1. The fourth-order valence-electron chi connectivity index (χ4n) is 13.6. The molecule has 0 radical (unpaired) electrons. The topological polar surface area (TPSA) is 69.6 Å². The van der Waals surface area contributed by atoms with E-state index in [9.17, 15) is 14.7 Å². The second-order valence-corrected chi connectivity index (χ2v) is 18.1. The molecule has 264 valence electrons. The van der Waals surface area contributed by atoms with Crippen LogP contribution in [0, 0.1) is 56.7 Å². The second-order valence-electron chi connectivity index (χ2n) is 18.1. The molecule has 0 heterocycles. The number of nitrogens with zero attached hydrogens (tertiary/aromatic N) is 1. The highest BCUT2D eigenvalue weighted by atomic mass is 16.4. The van der Waals surface area contributed by atoms with E-state index in [1.54, 1.807) is 12.1 Å². The molecule has 5 nitrogen and oxygen atoms in total. The van der Waals surface area contributed by atoms with Gasteiger partial charge in [0.25, 0.3) is 0 Å². The van der Waals surface area contributed by atoms with E-state index in [1.165, 1.54) is 68.1 Å². The van der Waals surface area contributed by atoms with Crippen LogP contribution in [0.2, 0.25) is 0 Å². The van der Waals surface area contributed by atoms with Gasteiger partial charge in [-0.25, -0.2) is 4.79 Å². The summed E-state index contributed by atoms with van der Waals surface area (Å²) in [6, 6.07) is 7.60. The zero-order valence-corrected chi connectivity index (χ0v) is 31.4. The molecule has 5 aliphatic carbocycles. The van der Waals surface area contributed by atoms with E-state index in [2.05, 4.69) is 73.4 Å². The number of carbonyl (C=O) groups is 2. The minimum absolute atomic E-state index is 0.0171. The van der Waals surface area contributed by atoms with Gasteiger partial charge >= 0.3 is 5.97 Å². The van der Waals surface area contributed by atoms with Gasteiger partial charge in [0.15, 0.2) is 0 Å². The van der Waals surface area contributed by atoms with Crippen molar-refractivity contribution in [2.75, 3.05) is 26.2 Å². The number of hydrogen-bond donors (Lipinski definition) is 2. The fourth-order valence-corrected chi connectivity index (χ4v) is 13.6. The van der Waals surface area contributed by atoms with Crippen LogP contribution in [0.15, 0.2) is 42.5 Å². The van der Waals surface area contributed by atoms with Crippen LogP contribution in [-0.2, 0) is 4.79 Å². The van der Waals surface area contributed by atoms with Gasteiger partial charge in [-0.15, -0.1) is 0 Å². The lowest BCUT2D eigenvalue weighted by atomic mass is 9.32. The molecule has 5 heteroatoms. The Balaban J connectivity index is 1.29. The minimum atomic E-state index is -0.865. The van der Waals surface area contributed by atoms with E-state index in [0.717, 1.165) is 26.1 Å². The van der Waals surface area contributed by atoms with Gasteiger partial charge in [0.05, 0.1) is 12.1 Å². The first-order valence-corrected chi connectivity index (χ1v) is 19.3. The molecule has 4 saturated carbocycles. The highest BCUT2D eigenvalue weighted by Crippen LogP contribution is 2.77. The lowest BCUT2D eigenvalue weighted by Gasteiger charge is -2.72. The largest absolute Gasteiger partial charge is 0.478 e. The summed E-state index contributed by atoms with van der Waals surface area (Å²) in [5, 5.41) is 13.2. The number of fused-ring (bicyclic) bond motifs is 7. The van der Waals surface area contributed by atoms with Gasteiger partial charge in [-0.2, -0.15) is 0 Å². The number of rotatable bonds is 9. The maximum absolute atomic E-state index is 12.9. The predicted molar refractivity (Wildman–Crippen MR) is 197 cm³/mol. The van der Waals surface area contributed by atoms with Gasteiger partial charge in [-0.05, 0) is 158 Å². The molecule has 0 bridgehead atoms. The molecular weight excluding hydrogens is 592 g/mol. The van der Waals surface area contributed by atoms with Crippen LogP contribution >= 0.6 is 0 Å². The molecule has 0 aliphatic heterocycles. The lowest BCUT2D eigenvalue weighted by molar-refractivity contribution is -0.225. The molecule has 4 fully saturated rings. The first-order valence-electron chi connectivity index (χ1n) is 19.3. The van der Waals surface area contributed by atoms with Crippen molar-refractivity contribution in [2.45, 2.75) is 113 Å². The molecule has 48 heavy (non-hydrogen) atoms. The Labute approximate surface area is 291 Å². The van der Waals surface area contributed by atoms with Crippen molar-refractivity contribution < 1.29 is 14.7 Å². The van der Waals surface area contributed by atoms with Crippen LogP contribution < -0.4 is 5.32 Å². The SMILES string of the molecule is C=C(C)[C@@H]1CCC2(CNCC(=O)N(CC)CC)CC[C@]3(C)[C@H](CC[C@@H]4[C@@]5(C)CC=C(c6ccc(C(=O)O)cc6)C(C)(C)[C@@H]5CC[C@]43C)[C@@H]12. The monoisotopic (exact) mass is 656 g/mol. The summed E-state index contributed by atoms with van der Waals surface area (Å²) in [7, 11) is 0. The second kappa shape index (κ2) is 12.4. The van der Waals surface area contributed by atoms with E-state index in [-0.39, 0.29) is 33.0 Å². The Kier molecular flexibility index (Phi) is 9.17. The molecule has 0 saturated heterocycles. The van der Waals surface area contributed by atoms with Gasteiger partial charge in [0.2, 0.25) is 5.91 Å². The first kappa shape index (κ1) is 35.4. The number of carboxylic acid groups (broad SMARTS) is 1. The fraction of sp³-hybridized carbons (Fsp3) is 0.721. The van der Waals surface area contributed by atoms with Crippen LogP contribution in [0.1, 0.15) is 129 Å². The maximum atomic E-state index is 12.9. The third kappa shape index (κ3) is 5.18. The van der Waals surface area contributed by atoms with Gasteiger partial charge in [-0.1, -0.05) is 65.0 Å². The van der Waals surface area contributed by atoms with Crippen molar-refractivity contribution in [1.29, 1.82) is 0 Å². The van der Waals surface area contributed by atoms with Gasteiger partial charge in [-0.3, -0.25) is 4.79 Å². The van der Waals surface area contributed by atoms with Crippen molar-refractivity contribution in [3.05, 3.63) is 53.6 Å². The Morgan fingerprint density at radius 2 is 1.58 bits per heavy atom. The Morgan fingerprint density at radius 3 is 2.21 bits per heavy atom. The van der Waals surface area contributed by atoms with Crippen LogP contribution in [-0.4, -0.2) is 48.1 Å². The maximum Gasteiger partial charge on any atom is 0.335 e. The average Bonchev–Trinajstić information content (AvgIpc) is 3.42. The van der Waals surface area contributed by atoms with E-state index in [4.69, 9.17) is 0 Å². The normalized spacial score (nSPS) is 39.7. The van der Waals surface area contributed by atoms with Gasteiger partial charge in [0, 0.05) is 19.6 Å². The van der Waals surface area contributed by atoms with Crippen molar-refractivity contribution >= 4 is 17.4 Å². The Bertz CT molecular complexity index is 1460. The quantitative estimate of drug-likeness (QED) is 0.260. The number of aromatic carboxylic acids is 1. The van der Waals surface area contributed by atoms with Gasteiger partial charge < -0.3 is 15.3 Å². The number of amides is 1. The zero-order chi connectivity index (χ0) is 34.9. The Morgan fingerprint density at radius 1 is 0.896 bits per heavy atom. The summed E-state index contributed by atoms with van der Waals surface area (Å²) < 4.78 is 0. The van der Waals surface area contributed by atoms with Crippen molar-refractivity contribution in [1.82, 2.24) is 10.2 Å². The number of nitrogens with one attached hydrogen (secondary N) is 1.